The van der Waals surface area contributed by atoms with Gasteiger partial charge >= 0.3 is 0 Å². The van der Waals surface area contributed by atoms with Crippen molar-refractivity contribution in [1.29, 1.82) is 0 Å². The zero-order valence-electron chi connectivity index (χ0n) is 12.0. The molecule has 3 aliphatic rings. The molecule has 3 rings (SSSR count). The number of thioether (sulfide) groups is 1. The van der Waals surface area contributed by atoms with E-state index in [0.717, 1.165) is 6.04 Å². The highest BCUT2D eigenvalue weighted by molar-refractivity contribution is 8.00. The quantitative estimate of drug-likeness (QED) is 0.847. The average molecular weight is 268 g/mol. The van der Waals surface area contributed by atoms with Gasteiger partial charge in [0.1, 0.15) is 0 Å². The highest BCUT2D eigenvalue weighted by Crippen LogP contribution is 2.48. The molecule has 1 saturated heterocycles. The molecule has 2 nitrogen and oxygen atoms in total. The van der Waals surface area contributed by atoms with Crippen LogP contribution in [0.5, 0.6) is 0 Å². The van der Waals surface area contributed by atoms with Crippen molar-refractivity contribution in [3.63, 3.8) is 0 Å². The maximum absolute atomic E-state index is 3.89. The monoisotopic (exact) mass is 268 g/mol. The van der Waals surface area contributed by atoms with E-state index < -0.39 is 0 Å². The van der Waals surface area contributed by atoms with Gasteiger partial charge in [0, 0.05) is 36.0 Å². The number of piperazine rings is 1. The van der Waals surface area contributed by atoms with Crippen molar-refractivity contribution in [2.24, 2.45) is 0 Å². The van der Waals surface area contributed by atoms with E-state index in [0.29, 0.717) is 10.3 Å². The first-order chi connectivity index (χ1) is 8.67. The molecule has 0 aromatic carbocycles. The largest absolute Gasteiger partial charge is 0.308 e. The molecule has 0 radical (unpaired) electrons. The van der Waals surface area contributed by atoms with Crippen molar-refractivity contribution in [3.05, 3.63) is 0 Å². The van der Waals surface area contributed by atoms with Crippen LogP contribution in [0.1, 0.15) is 51.9 Å². The molecule has 1 spiro atoms. The minimum absolute atomic E-state index is 0.471. The van der Waals surface area contributed by atoms with E-state index in [1.165, 1.54) is 64.6 Å². The van der Waals surface area contributed by atoms with Crippen LogP contribution in [0.25, 0.3) is 0 Å². The van der Waals surface area contributed by atoms with Gasteiger partial charge in [-0.15, -0.1) is 0 Å². The van der Waals surface area contributed by atoms with Crippen LogP contribution in [-0.2, 0) is 0 Å². The summed E-state index contributed by atoms with van der Waals surface area (Å²) >= 11 is 2.11. The van der Waals surface area contributed by atoms with E-state index >= 15 is 0 Å². The fraction of sp³-hybridized carbons (Fsp3) is 1.00. The van der Waals surface area contributed by atoms with Gasteiger partial charge in [0.15, 0.2) is 0 Å². The van der Waals surface area contributed by atoms with Crippen molar-refractivity contribution < 1.29 is 0 Å². The van der Waals surface area contributed by atoms with Gasteiger partial charge in [-0.25, -0.2) is 0 Å². The lowest BCUT2D eigenvalue weighted by Crippen LogP contribution is -2.65. The Bertz CT molecular complexity index is 295. The molecule has 3 fully saturated rings. The zero-order chi connectivity index (χ0) is 12.6. The van der Waals surface area contributed by atoms with Crippen LogP contribution in [0.15, 0.2) is 0 Å². The molecule has 0 aromatic heterocycles. The summed E-state index contributed by atoms with van der Waals surface area (Å²) in [6.07, 6.45) is 12.3. The van der Waals surface area contributed by atoms with E-state index in [-0.39, 0.29) is 0 Å². The minimum Gasteiger partial charge on any atom is -0.308 e. The van der Waals surface area contributed by atoms with Gasteiger partial charge < -0.3 is 5.32 Å². The average Bonchev–Trinajstić information content (AvgIpc) is 3.16. The van der Waals surface area contributed by atoms with E-state index in [1.54, 1.807) is 0 Å². The summed E-state index contributed by atoms with van der Waals surface area (Å²) in [5.74, 6) is 0. The topological polar surface area (TPSA) is 15.3 Å². The highest BCUT2D eigenvalue weighted by atomic mass is 32.2. The number of nitrogens with zero attached hydrogens (tertiary/aromatic N) is 1. The summed E-state index contributed by atoms with van der Waals surface area (Å²) in [6.45, 7) is 6.23. The summed E-state index contributed by atoms with van der Waals surface area (Å²) in [6, 6.07) is 0.724. The van der Waals surface area contributed by atoms with Crippen LogP contribution in [0.4, 0.5) is 0 Å². The molecule has 0 bridgehead atoms. The van der Waals surface area contributed by atoms with E-state index in [4.69, 9.17) is 0 Å². The maximum atomic E-state index is 3.89. The van der Waals surface area contributed by atoms with E-state index in [2.05, 4.69) is 35.2 Å². The smallest absolute Gasteiger partial charge is 0.0309 e. The number of hydrogen-bond donors (Lipinski definition) is 1. The summed E-state index contributed by atoms with van der Waals surface area (Å²) in [5.41, 5.74) is 0.471. The van der Waals surface area contributed by atoms with Crippen LogP contribution >= 0.6 is 11.8 Å². The third-order valence-electron chi connectivity index (χ3n) is 5.44. The fourth-order valence-corrected chi connectivity index (χ4v) is 4.61. The maximum Gasteiger partial charge on any atom is 0.0309 e. The molecular weight excluding hydrogens is 240 g/mol. The lowest BCUT2D eigenvalue weighted by Gasteiger charge is -2.49. The predicted octanol–water partition coefficient (Wildman–Crippen LogP) is 2.88. The van der Waals surface area contributed by atoms with Crippen molar-refractivity contribution >= 4 is 11.8 Å². The summed E-state index contributed by atoms with van der Waals surface area (Å²) < 4.78 is 0.626. The molecule has 3 heteroatoms. The predicted molar refractivity (Wildman–Crippen MR) is 80.3 cm³/mol. The van der Waals surface area contributed by atoms with Gasteiger partial charge in [-0.3, -0.25) is 4.90 Å². The molecule has 1 aliphatic heterocycles. The van der Waals surface area contributed by atoms with Crippen LogP contribution in [0.3, 0.4) is 0 Å². The Balaban J connectivity index is 1.65. The number of hydrogen-bond acceptors (Lipinski definition) is 3. The zero-order valence-corrected chi connectivity index (χ0v) is 12.8. The van der Waals surface area contributed by atoms with Gasteiger partial charge in [0.25, 0.3) is 0 Å². The molecular formula is C15H28N2S. The third kappa shape index (κ3) is 2.59. The standard InChI is InChI=1S/C15H28N2S/c1-13-10-16-14(6-4-3-5-7-14)11-17(13)12-15(18-2)8-9-15/h13,16H,3-12H2,1-2H3. The fourth-order valence-electron chi connectivity index (χ4n) is 3.81. The van der Waals surface area contributed by atoms with E-state index in [1.807, 2.05) is 0 Å². The Labute approximate surface area is 116 Å². The molecule has 1 atom stereocenters. The lowest BCUT2D eigenvalue weighted by molar-refractivity contribution is 0.0619. The van der Waals surface area contributed by atoms with E-state index in [9.17, 15) is 0 Å². The van der Waals surface area contributed by atoms with Gasteiger partial charge in [-0.2, -0.15) is 11.8 Å². The molecule has 1 N–H and O–H groups in total. The molecule has 18 heavy (non-hydrogen) atoms. The lowest BCUT2D eigenvalue weighted by atomic mass is 9.79. The Hall–Kier alpha value is 0.270. The second-order valence-electron chi connectivity index (χ2n) is 6.86. The van der Waals surface area contributed by atoms with Crippen molar-refractivity contribution in [2.45, 2.75) is 68.2 Å². The van der Waals surface area contributed by atoms with Crippen molar-refractivity contribution in [1.82, 2.24) is 10.2 Å². The highest BCUT2D eigenvalue weighted by Gasteiger charge is 2.46. The van der Waals surface area contributed by atoms with Crippen LogP contribution < -0.4 is 5.32 Å². The summed E-state index contributed by atoms with van der Waals surface area (Å²) in [7, 11) is 0. The Morgan fingerprint density at radius 3 is 2.50 bits per heavy atom. The first kappa shape index (κ1) is 13.3. The van der Waals surface area contributed by atoms with Crippen LogP contribution in [0, 0.1) is 0 Å². The van der Waals surface area contributed by atoms with Crippen LogP contribution in [0.2, 0.25) is 0 Å². The second kappa shape index (κ2) is 4.99. The molecule has 1 unspecified atom stereocenters. The van der Waals surface area contributed by atoms with Gasteiger partial charge in [0.2, 0.25) is 0 Å². The van der Waals surface area contributed by atoms with Crippen LogP contribution in [-0.4, -0.2) is 47.1 Å². The molecule has 0 amide bonds. The molecule has 1 heterocycles. The molecule has 0 aromatic rings. The molecule has 2 aliphatic carbocycles. The summed E-state index contributed by atoms with van der Waals surface area (Å²) in [5, 5.41) is 3.89. The second-order valence-corrected chi connectivity index (χ2v) is 8.14. The SMILES string of the molecule is CSC1(CN2CC3(CCCCC3)NCC2C)CC1. The molecule has 2 saturated carbocycles. The Morgan fingerprint density at radius 2 is 1.89 bits per heavy atom. The van der Waals surface area contributed by atoms with Gasteiger partial charge in [-0.05, 0) is 38.9 Å². The molecule has 104 valence electrons. The number of rotatable bonds is 3. The first-order valence-corrected chi connectivity index (χ1v) is 8.94. The normalized spacial score (nSPS) is 34.7. The van der Waals surface area contributed by atoms with Gasteiger partial charge in [0.05, 0.1) is 0 Å². The Morgan fingerprint density at radius 1 is 1.17 bits per heavy atom. The third-order valence-corrected chi connectivity index (χ3v) is 6.85. The Kier molecular flexibility index (Phi) is 3.68. The minimum atomic E-state index is 0.471. The van der Waals surface area contributed by atoms with Crippen molar-refractivity contribution in [3.8, 4) is 0 Å². The first-order valence-electron chi connectivity index (χ1n) is 7.71. The number of nitrogens with one attached hydrogen (secondary N) is 1. The van der Waals surface area contributed by atoms with Gasteiger partial charge in [-0.1, -0.05) is 19.3 Å². The summed E-state index contributed by atoms with van der Waals surface area (Å²) in [4.78, 5) is 2.80. The van der Waals surface area contributed by atoms with Crippen molar-refractivity contribution in [2.75, 3.05) is 25.9 Å².